The number of halogens is 2. The van der Waals surface area contributed by atoms with E-state index in [1.807, 2.05) is 6.07 Å². The Morgan fingerprint density at radius 1 is 1.19 bits per heavy atom. The molecule has 2 aromatic carbocycles. The number of ether oxygens (including phenoxy) is 2. The summed E-state index contributed by atoms with van der Waals surface area (Å²) in [5.74, 6) is -0.537. The zero-order valence-corrected chi connectivity index (χ0v) is 16.3. The lowest BCUT2D eigenvalue weighted by Gasteiger charge is -2.20. The van der Waals surface area contributed by atoms with Crippen LogP contribution in [0.25, 0.3) is 0 Å². The van der Waals surface area contributed by atoms with Crippen LogP contribution in [0.3, 0.4) is 0 Å². The van der Waals surface area contributed by atoms with Gasteiger partial charge in [-0.2, -0.15) is 0 Å². The Kier molecular flexibility index (Phi) is 6.76. The molecule has 0 spiro atoms. The van der Waals surface area contributed by atoms with Crippen molar-refractivity contribution >= 4 is 21.6 Å². The van der Waals surface area contributed by atoms with E-state index >= 15 is 0 Å². The number of sulfonamides is 1. The van der Waals surface area contributed by atoms with Crippen LogP contribution in [0.1, 0.15) is 22.3 Å². The van der Waals surface area contributed by atoms with E-state index in [1.54, 1.807) is 19.1 Å². The van der Waals surface area contributed by atoms with Crippen molar-refractivity contribution < 1.29 is 22.3 Å². The molecule has 0 aliphatic heterocycles. The van der Waals surface area contributed by atoms with Crippen LogP contribution in [0.2, 0.25) is 5.02 Å². The lowest BCUT2D eigenvalue weighted by atomic mass is 9.95. The number of benzene rings is 2. The Balaban J connectivity index is 2.61. The number of nitrogens with two attached hydrogens (primary N) is 1. The Bertz CT molecular complexity index is 898. The van der Waals surface area contributed by atoms with Crippen molar-refractivity contribution in [3.8, 4) is 0 Å². The highest BCUT2D eigenvalue weighted by Crippen LogP contribution is 2.28. The van der Waals surface area contributed by atoms with Crippen LogP contribution in [-0.2, 0) is 32.3 Å². The summed E-state index contributed by atoms with van der Waals surface area (Å²) in [6.45, 7) is 1.68. The van der Waals surface area contributed by atoms with Gasteiger partial charge in [-0.1, -0.05) is 29.8 Å². The van der Waals surface area contributed by atoms with E-state index in [0.29, 0.717) is 28.7 Å². The second kappa shape index (κ2) is 8.45. The Morgan fingerprint density at radius 2 is 1.85 bits per heavy atom. The molecule has 0 fully saturated rings. The molecule has 2 rings (SSSR count). The minimum absolute atomic E-state index is 0.0273. The van der Waals surface area contributed by atoms with Gasteiger partial charge in [0.05, 0.1) is 9.92 Å². The lowest BCUT2D eigenvalue weighted by Crippen LogP contribution is -2.21. The molecule has 8 heteroatoms. The number of methoxy groups -OCH3 is 2. The molecular formula is C18H21ClFNO4S. The summed E-state index contributed by atoms with van der Waals surface area (Å²) in [4.78, 5) is 0.0569. The third kappa shape index (κ3) is 4.81. The highest BCUT2D eigenvalue weighted by atomic mass is 35.5. The first kappa shape index (κ1) is 20.8. The summed E-state index contributed by atoms with van der Waals surface area (Å²) in [6, 6.07) is 7.79. The number of hydrogen-bond donors (Lipinski definition) is 1. The number of rotatable bonds is 7. The Morgan fingerprint density at radius 3 is 2.38 bits per heavy atom. The van der Waals surface area contributed by atoms with E-state index in [1.165, 1.54) is 26.4 Å². The Labute approximate surface area is 157 Å². The lowest BCUT2D eigenvalue weighted by molar-refractivity contribution is -0.100. The smallest absolute Gasteiger partial charge is 0.238 e. The predicted molar refractivity (Wildman–Crippen MR) is 98.3 cm³/mol. The molecule has 0 saturated carbocycles. The average molecular weight is 402 g/mol. The SMILES string of the molecule is COC(Cc1ccc(C)c(S(N)(=O)=O)c1Cc1ccc(F)c(Cl)c1)OC. The Hall–Kier alpha value is -1.51. The second-order valence-electron chi connectivity index (χ2n) is 5.92. The van der Waals surface area contributed by atoms with Crippen molar-refractivity contribution in [3.63, 3.8) is 0 Å². The predicted octanol–water partition coefficient (Wildman–Crippen LogP) is 3.19. The fraction of sp³-hybridized carbons (Fsp3) is 0.333. The zero-order valence-electron chi connectivity index (χ0n) is 14.8. The standard InChI is InChI=1S/C18H21ClFNO4S/c1-11-4-6-13(10-17(24-2)25-3)14(18(11)26(21,22)23)8-12-5-7-16(20)15(19)9-12/h4-7,9,17H,8,10H2,1-3H3,(H2,21,22,23). The van der Waals surface area contributed by atoms with Crippen LogP contribution in [0.4, 0.5) is 4.39 Å². The molecule has 0 amide bonds. The van der Waals surface area contributed by atoms with Gasteiger partial charge in [0.1, 0.15) is 5.82 Å². The van der Waals surface area contributed by atoms with Gasteiger partial charge < -0.3 is 9.47 Å². The molecule has 0 radical (unpaired) electrons. The fourth-order valence-corrected chi connectivity index (χ4v) is 4.13. The zero-order chi connectivity index (χ0) is 19.5. The van der Waals surface area contributed by atoms with Crippen LogP contribution in [0.15, 0.2) is 35.2 Å². The molecule has 0 bridgehead atoms. The summed E-state index contributed by atoms with van der Waals surface area (Å²) < 4.78 is 48.3. The molecule has 2 aromatic rings. The first-order chi connectivity index (χ1) is 12.2. The van der Waals surface area contributed by atoms with Crippen molar-refractivity contribution in [3.05, 3.63) is 63.4 Å². The molecular weight excluding hydrogens is 381 g/mol. The molecule has 0 heterocycles. The third-order valence-electron chi connectivity index (χ3n) is 4.12. The summed E-state index contributed by atoms with van der Waals surface area (Å²) in [6.07, 6.45) is 0.0183. The van der Waals surface area contributed by atoms with Crippen molar-refractivity contribution in [1.82, 2.24) is 0 Å². The molecule has 26 heavy (non-hydrogen) atoms. The molecule has 142 valence electrons. The van der Waals surface area contributed by atoms with Gasteiger partial charge in [-0.3, -0.25) is 0 Å². The molecule has 0 aromatic heterocycles. The van der Waals surface area contributed by atoms with Crippen LogP contribution in [-0.4, -0.2) is 28.9 Å². The molecule has 5 nitrogen and oxygen atoms in total. The fourth-order valence-electron chi connectivity index (χ4n) is 2.86. The third-order valence-corrected chi connectivity index (χ3v) is 5.54. The van der Waals surface area contributed by atoms with Gasteiger partial charge in [0.2, 0.25) is 10.0 Å². The molecule has 0 atom stereocenters. The van der Waals surface area contributed by atoms with Crippen LogP contribution in [0.5, 0.6) is 0 Å². The summed E-state index contributed by atoms with van der Waals surface area (Å²) in [5, 5.41) is 5.43. The first-order valence-corrected chi connectivity index (χ1v) is 9.73. The quantitative estimate of drug-likeness (QED) is 0.722. The summed E-state index contributed by atoms with van der Waals surface area (Å²) in [5.41, 5.74) is 2.44. The van der Waals surface area contributed by atoms with Crippen LogP contribution < -0.4 is 5.14 Å². The van der Waals surface area contributed by atoms with E-state index in [0.717, 1.165) is 0 Å². The highest BCUT2D eigenvalue weighted by molar-refractivity contribution is 7.89. The maximum Gasteiger partial charge on any atom is 0.238 e. The monoisotopic (exact) mass is 401 g/mol. The van der Waals surface area contributed by atoms with Gasteiger partial charge in [-0.05, 0) is 47.7 Å². The van der Waals surface area contributed by atoms with E-state index < -0.39 is 22.1 Å². The number of hydrogen-bond acceptors (Lipinski definition) is 4. The van der Waals surface area contributed by atoms with E-state index in [4.69, 9.17) is 26.2 Å². The summed E-state index contributed by atoms with van der Waals surface area (Å²) in [7, 11) is -0.958. The van der Waals surface area contributed by atoms with Gasteiger partial charge in [-0.25, -0.2) is 17.9 Å². The maximum absolute atomic E-state index is 13.4. The molecule has 2 N–H and O–H groups in total. The highest BCUT2D eigenvalue weighted by Gasteiger charge is 2.22. The number of primary sulfonamides is 1. The van der Waals surface area contributed by atoms with Crippen LogP contribution in [0, 0.1) is 12.7 Å². The average Bonchev–Trinajstić information content (AvgIpc) is 2.56. The largest absolute Gasteiger partial charge is 0.356 e. The molecule has 0 aliphatic rings. The molecule has 0 aliphatic carbocycles. The van der Waals surface area contributed by atoms with E-state index in [9.17, 15) is 12.8 Å². The van der Waals surface area contributed by atoms with Crippen LogP contribution >= 0.6 is 11.6 Å². The van der Waals surface area contributed by atoms with E-state index in [2.05, 4.69) is 0 Å². The van der Waals surface area contributed by atoms with Gasteiger partial charge in [0, 0.05) is 20.6 Å². The van der Waals surface area contributed by atoms with Crippen molar-refractivity contribution in [2.45, 2.75) is 31.0 Å². The van der Waals surface area contributed by atoms with Crippen molar-refractivity contribution in [1.29, 1.82) is 0 Å². The van der Waals surface area contributed by atoms with Gasteiger partial charge in [0.15, 0.2) is 6.29 Å². The molecule has 0 saturated heterocycles. The van der Waals surface area contributed by atoms with Crippen molar-refractivity contribution in [2.75, 3.05) is 14.2 Å². The maximum atomic E-state index is 13.4. The van der Waals surface area contributed by atoms with Gasteiger partial charge in [-0.15, -0.1) is 0 Å². The summed E-state index contributed by atoms with van der Waals surface area (Å²) >= 11 is 5.85. The topological polar surface area (TPSA) is 78.6 Å². The first-order valence-electron chi connectivity index (χ1n) is 7.81. The van der Waals surface area contributed by atoms with Gasteiger partial charge >= 0.3 is 0 Å². The minimum atomic E-state index is -3.96. The number of aryl methyl sites for hydroxylation is 1. The van der Waals surface area contributed by atoms with Crippen molar-refractivity contribution in [2.24, 2.45) is 5.14 Å². The normalized spacial score (nSPS) is 12.0. The van der Waals surface area contributed by atoms with E-state index in [-0.39, 0.29) is 16.3 Å². The second-order valence-corrected chi connectivity index (χ2v) is 7.83. The minimum Gasteiger partial charge on any atom is -0.356 e. The van der Waals surface area contributed by atoms with Gasteiger partial charge in [0.25, 0.3) is 0 Å². The molecule has 0 unspecified atom stereocenters.